The minimum atomic E-state index is -0.371. The Labute approximate surface area is 103 Å². The Morgan fingerprint density at radius 3 is 2.25 bits per heavy atom. The normalized spacial score (nSPS) is 13.3. The number of esters is 1. The molecule has 1 unspecified atom stereocenters. The second kappa shape index (κ2) is 6.91. The summed E-state index contributed by atoms with van der Waals surface area (Å²) >= 11 is 3.72. The standard InChI is InChI=1S/C11H21NO3S/c1-5-6-10(13)15-9(7-11(14)16)8-12(2,3)4/h9H,5-8H2,1-4H3/p+1. The predicted molar refractivity (Wildman–Crippen MR) is 66.3 cm³/mol. The van der Waals surface area contributed by atoms with E-state index in [0.29, 0.717) is 17.4 Å². The van der Waals surface area contributed by atoms with Crippen molar-refractivity contribution in [2.24, 2.45) is 0 Å². The summed E-state index contributed by atoms with van der Waals surface area (Å²) in [5.74, 6) is -0.240. The highest BCUT2D eigenvalue weighted by molar-refractivity contribution is 7.96. The van der Waals surface area contributed by atoms with Crippen LogP contribution in [0.3, 0.4) is 0 Å². The van der Waals surface area contributed by atoms with Crippen LogP contribution in [-0.4, -0.2) is 49.4 Å². The second-order valence-electron chi connectivity index (χ2n) is 4.93. The molecule has 0 saturated carbocycles. The topological polar surface area (TPSA) is 43.4 Å². The zero-order chi connectivity index (χ0) is 12.8. The van der Waals surface area contributed by atoms with Gasteiger partial charge in [0.25, 0.3) is 0 Å². The van der Waals surface area contributed by atoms with Gasteiger partial charge in [-0.3, -0.25) is 9.59 Å². The Hall–Kier alpha value is -0.550. The fourth-order valence-electron chi connectivity index (χ4n) is 1.40. The third-order valence-electron chi connectivity index (χ3n) is 1.91. The number of quaternary nitrogens is 1. The van der Waals surface area contributed by atoms with Gasteiger partial charge < -0.3 is 9.22 Å². The first-order valence-corrected chi connectivity index (χ1v) is 5.91. The van der Waals surface area contributed by atoms with Crippen molar-refractivity contribution in [2.75, 3.05) is 27.7 Å². The predicted octanol–water partition coefficient (Wildman–Crippen LogP) is 1.25. The lowest BCUT2D eigenvalue weighted by atomic mass is 10.2. The molecular weight excluding hydrogens is 226 g/mol. The highest BCUT2D eigenvalue weighted by Crippen LogP contribution is 2.08. The van der Waals surface area contributed by atoms with Crippen LogP contribution in [0.15, 0.2) is 0 Å². The largest absolute Gasteiger partial charge is 0.456 e. The molecule has 0 aromatic heterocycles. The Morgan fingerprint density at radius 1 is 1.31 bits per heavy atom. The molecular formula is C11H22NO3S+. The van der Waals surface area contributed by atoms with Crippen LogP contribution >= 0.6 is 12.6 Å². The lowest BCUT2D eigenvalue weighted by Crippen LogP contribution is -2.43. The lowest BCUT2D eigenvalue weighted by Gasteiger charge is -2.28. The molecule has 0 amide bonds. The molecule has 0 spiro atoms. The van der Waals surface area contributed by atoms with Gasteiger partial charge in [0.2, 0.25) is 0 Å². The van der Waals surface area contributed by atoms with Crippen molar-refractivity contribution in [3.63, 3.8) is 0 Å². The first-order chi connectivity index (χ1) is 7.24. The number of likely N-dealkylation sites (N-methyl/N-ethyl adjacent to an activating group) is 1. The van der Waals surface area contributed by atoms with Crippen molar-refractivity contribution in [1.82, 2.24) is 0 Å². The Balaban J connectivity index is 4.31. The highest BCUT2D eigenvalue weighted by atomic mass is 32.1. The van der Waals surface area contributed by atoms with Crippen molar-refractivity contribution in [2.45, 2.75) is 32.3 Å². The summed E-state index contributed by atoms with van der Waals surface area (Å²) in [7, 11) is 5.97. The number of thiol groups is 1. The van der Waals surface area contributed by atoms with Gasteiger partial charge in [0, 0.05) is 6.42 Å². The van der Waals surface area contributed by atoms with Crippen LogP contribution in [0.5, 0.6) is 0 Å². The molecule has 0 N–H and O–H groups in total. The van der Waals surface area contributed by atoms with Gasteiger partial charge in [-0.1, -0.05) is 6.92 Å². The van der Waals surface area contributed by atoms with E-state index in [9.17, 15) is 9.59 Å². The lowest BCUT2D eigenvalue weighted by molar-refractivity contribution is -0.873. The number of rotatable bonds is 7. The van der Waals surface area contributed by atoms with E-state index in [1.807, 2.05) is 28.1 Å². The molecule has 0 saturated heterocycles. The molecule has 0 fully saturated rings. The van der Waals surface area contributed by atoms with E-state index in [4.69, 9.17) is 4.74 Å². The summed E-state index contributed by atoms with van der Waals surface area (Å²) in [6, 6.07) is 0. The van der Waals surface area contributed by atoms with E-state index in [1.54, 1.807) is 0 Å². The van der Waals surface area contributed by atoms with Crippen molar-refractivity contribution in [3.05, 3.63) is 0 Å². The summed E-state index contributed by atoms with van der Waals surface area (Å²) in [5.41, 5.74) is 0. The number of ether oxygens (including phenoxy) is 1. The molecule has 0 rings (SSSR count). The number of nitrogens with zero attached hydrogens (tertiary/aromatic N) is 1. The van der Waals surface area contributed by atoms with Crippen molar-refractivity contribution in [3.8, 4) is 0 Å². The monoisotopic (exact) mass is 248 g/mol. The molecule has 1 atom stereocenters. The second-order valence-corrected chi connectivity index (χ2v) is 5.43. The minimum absolute atomic E-state index is 0.175. The zero-order valence-electron chi connectivity index (χ0n) is 10.5. The smallest absolute Gasteiger partial charge is 0.306 e. The van der Waals surface area contributed by atoms with Gasteiger partial charge >= 0.3 is 5.97 Å². The number of hydrogen-bond donors (Lipinski definition) is 1. The van der Waals surface area contributed by atoms with Crippen LogP contribution in [-0.2, 0) is 14.3 Å². The van der Waals surface area contributed by atoms with Crippen LogP contribution in [0.25, 0.3) is 0 Å². The minimum Gasteiger partial charge on any atom is -0.456 e. The Bertz CT molecular complexity index is 248. The molecule has 0 aliphatic heterocycles. The number of carbonyl (C=O) groups is 2. The van der Waals surface area contributed by atoms with Gasteiger partial charge in [0.15, 0.2) is 11.2 Å². The maximum Gasteiger partial charge on any atom is 0.306 e. The first kappa shape index (κ1) is 15.4. The maximum atomic E-state index is 11.4. The molecule has 0 aliphatic rings. The molecule has 94 valence electrons. The molecule has 0 aromatic rings. The Kier molecular flexibility index (Phi) is 6.67. The van der Waals surface area contributed by atoms with Crippen molar-refractivity contribution < 1.29 is 18.8 Å². The summed E-state index contributed by atoms with van der Waals surface area (Å²) in [5, 5.41) is -0.247. The molecule has 4 nitrogen and oxygen atoms in total. The summed E-state index contributed by atoms with van der Waals surface area (Å²) in [6.07, 6.45) is 0.955. The molecule has 0 radical (unpaired) electrons. The third-order valence-corrected chi connectivity index (χ3v) is 2.09. The van der Waals surface area contributed by atoms with Gasteiger partial charge in [0.1, 0.15) is 6.54 Å². The van der Waals surface area contributed by atoms with Crippen LogP contribution < -0.4 is 0 Å². The van der Waals surface area contributed by atoms with Gasteiger partial charge in [-0.05, 0) is 6.42 Å². The average molecular weight is 248 g/mol. The van der Waals surface area contributed by atoms with Crippen LogP contribution in [0.4, 0.5) is 0 Å². The summed E-state index contributed by atoms with van der Waals surface area (Å²) in [6.45, 7) is 2.53. The highest BCUT2D eigenvalue weighted by Gasteiger charge is 2.23. The summed E-state index contributed by atoms with van der Waals surface area (Å²) in [4.78, 5) is 22.3. The first-order valence-electron chi connectivity index (χ1n) is 5.46. The van der Waals surface area contributed by atoms with Gasteiger partial charge in [-0.2, -0.15) is 0 Å². The van der Waals surface area contributed by atoms with E-state index in [-0.39, 0.29) is 23.6 Å². The molecule has 0 heterocycles. The SMILES string of the molecule is CCCC(=O)OC(CC(=O)S)C[N+](C)(C)C. The Morgan fingerprint density at radius 2 is 1.88 bits per heavy atom. The van der Waals surface area contributed by atoms with Crippen LogP contribution in [0.1, 0.15) is 26.2 Å². The quantitative estimate of drug-likeness (QED) is 0.419. The van der Waals surface area contributed by atoms with E-state index in [0.717, 1.165) is 6.42 Å². The van der Waals surface area contributed by atoms with Gasteiger partial charge in [0.05, 0.1) is 27.6 Å². The number of carbonyl (C=O) groups excluding carboxylic acids is 2. The molecule has 0 aromatic carbocycles. The van der Waals surface area contributed by atoms with Gasteiger partial charge in [-0.15, -0.1) is 12.6 Å². The molecule has 16 heavy (non-hydrogen) atoms. The zero-order valence-corrected chi connectivity index (χ0v) is 11.4. The van der Waals surface area contributed by atoms with Gasteiger partial charge in [-0.25, -0.2) is 0 Å². The van der Waals surface area contributed by atoms with E-state index in [1.165, 1.54) is 0 Å². The van der Waals surface area contributed by atoms with E-state index < -0.39 is 0 Å². The maximum absolute atomic E-state index is 11.4. The third kappa shape index (κ3) is 8.73. The average Bonchev–Trinajstić information content (AvgIpc) is 1.98. The number of hydrogen-bond acceptors (Lipinski definition) is 3. The van der Waals surface area contributed by atoms with Crippen molar-refractivity contribution >= 4 is 23.7 Å². The summed E-state index contributed by atoms with van der Waals surface area (Å²) < 4.78 is 5.90. The molecule has 0 bridgehead atoms. The van der Waals surface area contributed by atoms with Crippen LogP contribution in [0.2, 0.25) is 0 Å². The molecule has 5 heteroatoms. The molecule has 0 aliphatic carbocycles. The van der Waals surface area contributed by atoms with Crippen molar-refractivity contribution in [1.29, 1.82) is 0 Å². The fourth-order valence-corrected chi connectivity index (χ4v) is 1.60. The van der Waals surface area contributed by atoms with Crippen LogP contribution in [0, 0.1) is 0 Å². The van der Waals surface area contributed by atoms with E-state index in [2.05, 4.69) is 12.6 Å². The van der Waals surface area contributed by atoms with E-state index >= 15 is 0 Å². The fraction of sp³-hybridized carbons (Fsp3) is 0.818.